The van der Waals surface area contributed by atoms with Crippen molar-refractivity contribution >= 4 is 23.2 Å². The average Bonchev–Trinajstić information content (AvgIpc) is 3.16. The van der Waals surface area contributed by atoms with Crippen molar-refractivity contribution in [1.29, 1.82) is 0 Å². The quantitative estimate of drug-likeness (QED) is 0.669. The number of nitrogens with one attached hydrogen (secondary N) is 1. The fraction of sp³-hybridized carbons (Fsp3) is 0.500. The van der Waals surface area contributed by atoms with Crippen molar-refractivity contribution in [2.75, 3.05) is 33.2 Å². The van der Waals surface area contributed by atoms with Gasteiger partial charge < -0.3 is 15.3 Å². The lowest BCUT2D eigenvalue weighted by atomic mass is 10.0. The maximum absolute atomic E-state index is 12.2. The molecule has 1 aliphatic rings. The molecule has 7 nitrogen and oxygen atoms in total. The van der Waals surface area contributed by atoms with Gasteiger partial charge >= 0.3 is 5.97 Å². The number of carboxylic acid groups (broad SMARTS) is 1. The highest BCUT2D eigenvalue weighted by Crippen LogP contribution is 2.24. The van der Waals surface area contributed by atoms with Crippen LogP contribution in [0.25, 0.3) is 10.6 Å². The highest BCUT2D eigenvalue weighted by molar-refractivity contribution is 7.13. The molecule has 3 rings (SSSR count). The maximum Gasteiger partial charge on any atom is 0.326 e. The molecule has 0 aliphatic carbocycles. The molecular weight excluding hydrogens is 400 g/mol. The first kappa shape index (κ1) is 22.4. The Kier molecular flexibility index (Phi) is 7.58. The van der Waals surface area contributed by atoms with E-state index in [4.69, 9.17) is 0 Å². The number of carbonyl (C=O) groups excluding carboxylic acids is 1. The van der Waals surface area contributed by atoms with Gasteiger partial charge in [-0.15, -0.1) is 11.3 Å². The van der Waals surface area contributed by atoms with Crippen LogP contribution in [0.3, 0.4) is 0 Å². The second kappa shape index (κ2) is 10.1. The van der Waals surface area contributed by atoms with Crippen LogP contribution in [0.5, 0.6) is 0 Å². The van der Waals surface area contributed by atoms with Gasteiger partial charge in [0, 0.05) is 43.7 Å². The van der Waals surface area contributed by atoms with Gasteiger partial charge in [-0.05, 0) is 18.5 Å². The zero-order valence-corrected chi connectivity index (χ0v) is 18.6. The highest BCUT2D eigenvalue weighted by Gasteiger charge is 2.23. The zero-order valence-electron chi connectivity index (χ0n) is 17.8. The number of thiazole rings is 1. The summed E-state index contributed by atoms with van der Waals surface area (Å²) in [6, 6.07) is 7.55. The van der Waals surface area contributed by atoms with E-state index in [-0.39, 0.29) is 18.2 Å². The fourth-order valence-corrected chi connectivity index (χ4v) is 4.27. The second-order valence-electron chi connectivity index (χ2n) is 8.22. The van der Waals surface area contributed by atoms with E-state index in [1.807, 2.05) is 5.38 Å². The zero-order chi connectivity index (χ0) is 21.7. The van der Waals surface area contributed by atoms with E-state index in [0.29, 0.717) is 5.69 Å². The number of hydrogen-bond donors (Lipinski definition) is 2. The number of carbonyl (C=O) groups is 2. The normalized spacial score (nSPS) is 16.5. The van der Waals surface area contributed by atoms with Crippen molar-refractivity contribution in [3.05, 3.63) is 40.9 Å². The lowest BCUT2D eigenvalue weighted by molar-refractivity contribution is -0.143. The van der Waals surface area contributed by atoms with Crippen LogP contribution in [0.4, 0.5) is 0 Å². The maximum atomic E-state index is 12.2. The van der Waals surface area contributed by atoms with Crippen molar-refractivity contribution in [3.8, 4) is 10.6 Å². The van der Waals surface area contributed by atoms with Gasteiger partial charge in [-0.2, -0.15) is 0 Å². The van der Waals surface area contributed by atoms with Gasteiger partial charge in [-0.3, -0.25) is 9.69 Å². The van der Waals surface area contributed by atoms with Crippen molar-refractivity contribution < 1.29 is 14.7 Å². The minimum absolute atomic E-state index is 0.0779. The van der Waals surface area contributed by atoms with Crippen LogP contribution in [0.1, 0.15) is 25.1 Å². The van der Waals surface area contributed by atoms with Gasteiger partial charge in [0.1, 0.15) is 11.0 Å². The Labute approximate surface area is 181 Å². The molecule has 1 aromatic heterocycles. The van der Waals surface area contributed by atoms with Crippen LogP contribution in [-0.2, 0) is 22.6 Å². The van der Waals surface area contributed by atoms with E-state index >= 15 is 0 Å². The Balaban J connectivity index is 1.56. The van der Waals surface area contributed by atoms with E-state index in [0.717, 1.165) is 43.3 Å². The van der Waals surface area contributed by atoms with Crippen molar-refractivity contribution in [3.63, 3.8) is 0 Å². The molecule has 0 spiro atoms. The van der Waals surface area contributed by atoms with E-state index in [1.54, 1.807) is 13.8 Å². The summed E-state index contributed by atoms with van der Waals surface area (Å²) in [6.07, 6.45) is 0.0779. The van der Waals surface area contributed by atoms with Crippen LogP contribution >= 0.6 is 11.3 Å². The molecule has 0 saturated carbocycles. The topological polar surface area (TPSA) is 85.8 Å². The molecule has 1 aliphatic heterocycles. The molecule has 1 aromatic carbocycles. The summed E-state index contributed by atoms with van der Waals surface area (Å²) in [7, 11) is 2.16. The largest absolute Gasteiger partial charge is 0.480 e. The Hall–Kier alpha value is -2.29. The number of likely N-dealkylation sites (N-methyl/N-ethyl adjacent to an activating group) is 1. The van der Waals surface area contributed by atoms with Gasteiger partial charge in [0.05, 0.1) is 12.1 Å². The highest BCUT2D eigenvalue weighted by atomic mass is 32.1. The van der Waals surface area contributed by atoms with Gasteiger partial charge in [0.2, 0.25) is 5.91 Å². The molecule has 30 heavy (non-hydrogen) atoms. The number of amides is 1. The fourth-order valence-electron chi connectivity index (χ4n) is 3.44. The van der Waals surface area contributed by atoms with Crippen LogP contribution in [0.2, 0.25) is 0 Å². The minimum Gasteiger partial charge on any atom is -0.480 e. The summed E-state index contributed by atoms with van der Waals surface area (Å²) in [5.74, 6) is -1.52. The number of piperazine rings is 1. The number of benzene rings is 1. The molecular formula is C22H30N4O3S. The number of rotatable bonds is 8. The number of aromatic nitrogens is 1. The number of carboxylic acids is 1. The molecule has 2 aromatic rings. The van der Waals surface area contributed by atoms with Crippen LogP contribution in [0.15, 0.2) is 29.6 Å². The predicted octanol–water partition coefficient (Wildman–Crippen LogP) is 2.33. The molecule has 2 N–H and O–H groups in total. The lowest BCUT2D eigenvalue weighted by Gasteiger charge is -2.32. The number of hydrogen-bond acceptors (Lipinski definition) is 6. The van der Waals surface area contributed by atoms with Crippen LogP contribution in [0, 0.1) is 5.92 Å². The molecule has 8 heteroatoms. The Morgan fingerprint density at radius 2 is 1.83 bits per heavy atom. The Morgan fingerprint density at radius 3 is 2.43 bits per heavy atom. The summed E-state index contributed by atoms with van der Waals surface area (Å²) in [4.78, 5) is 32.9. The molecule has 1 unspecified atom stereocenters. The number of aliphatic carboxylic acids is 1. The van der Waals surface area contributed by atoms with Crippen molar-refractivity contribution in [2.24, 2.45) is 5.92 Å². The average molecular weight is 431 g/mol. The smallest absolute Gasteiger partial charge is 0.326 e. The van der Waals surface area contributed by atoms with E-state index in [1.165, 1.54) is 16.9 Å². The summed E-state index contributed by atoms with van der Waals surface area (Å²) >= 11 is 1.49. The monoisotopic (exact) mass is 430 g/mol. The van der Waals surface area contributed by atoms with E-state index in [9.17, 15) is 14.7 Å². The Morgan fingerprint density at radius 1 is 1.17 bits per heavy atom. The first-order chi connectivity index (χ1) is 14.3. The summed E-state index contributed by atoms with van der Waals surface area (Å²) in [5, 5.41) is 14.5. The van der Waals surface area contributed by atoms with Gasteiger partial charge in [-0.1, -0.05) is 38.1 Å². The van der Waals surface area contributed by atoms with Gasteiger partial charge in [-0.25, -0.2) is 9.78 Å². The third kappa shape index (κ3) is 6.10. The lowest BCUT2D eigenvalue weighted by Crippen LogP contribution is -2.44. The third-order valence-corrected chi connectivity index (χ3v) is 6.29. The van der Waals surface area contributed by atoms with Crippen molar-refractivity contribution in [1.82, 2.24) is 20.1 Å². The molecule has 162 valence electrons. The molecule has 0 bridgehead atoms. The standard InChI is InChI=1S/C22H30N4O3S/c1-15(2)20(22(28)29)24-19(27)12-18-14-30-21(23-18)17-6-4-16(5-7-17)13-26-10-8-25(3)9-11-26/h4-7,14-15,20H,8-13H2,1-3H3,(H,24,27)(H,28,29). The Bertz CT molecular complexity index is 858. The van der Waals surface area contributed by atoms with Gasteiger partial charge in [0.15, 0.2) is 0 Å². The summed E-state index contributed by atoms with van der Waals surface area (Å²) < 4.78 is 0. The molecule has 2 heterocycles. The minimum atomic E-state index is -1.02. The molecule has 1 saturated heterocycles. The summed E-state index contributed by atoms with van der Waals surface area (Å²) in [6.45, 7) is 8.90. The SMILES string of the molecule is CC(C)C(NC(=O)Cc1csc(-c2ccc(CN3CCN(C)CC3)cc2)n1)C(=O)O. The second-order valence-corrected chi connectivity index (χ2v) is 9.08. The molecule has 0 radical (unpaired) electrons. The van der Waals surface area contributed by atoms with Gasteiger partial charge in [0.25, 0.3) is 0 Å². The molecule has 1 fully saturated rings. The van der Waals surface area contributed by atoms with E-state index < -0.39 is 12.0 Å². The third-order valence-electron chi connectivity index (χ3n) is 5.35. The molecule has 1 amide bonds. The first-order valence-corrected chi connectivity index (χ1v) is 11.2. The van der Waals surface area contributed by atoms with Crippen LogP contribution < -0.4 is 5.32 Å². The predicted molar refractivity (Wildman–Crippen MR) is 118 cm³/mol. The first-order valence-electron chi connectivity index (χ1n) is 10.3. The van der Waals surface area contributed by atoms with Crippen LogP contribution in [-0.4, -0.2) is 71.0 Å². The number of nitrogens with zero attached hydrogens (tertiary/aromatic N) is 3. The van der Waals surface area contributed by atoms with Crippen molar-refractivity contribution in [2.45, 2.75) is 32.9 Å². The molecule has 1 atom stereocenters. The summed E-state index contributed by atoms with van der Waals surface area (Å²) in [5.41, 5.74) is 2.97. The van der Waals surface area contributed by atoms with E-state index in [2.05, 4.69) is 51.4 Å².